The van der Waals surface area contributed by atoms with Crippen LogP contribution in [0.25, 0.3) is 11.1 Å². The topological polar surface area (TPSA) is 196 Å². The number of amides is 1. The van der Waals surface area contributed by atoms with Gasteiger partial charge in [-0.15, -0.1) is 0 Å². The van der Waals surface area contributed by atoms with Crippen molar-refractivity contribution in [1.82, 2.24) is 14.8 Å². The molecule has 7 N–H and O–H groups in total. The number of carbonyl (C=O) groups excluding carboxylic acids is 1. The van der Waals surface area contributed by atoms with E-state index < -0.39 is 55.0 Å². The summed E-state index contributed by atoms with van der Waals surface area (Å²) < 4.78 is 6.27. The van der Waals surface area contributed by atoms with Crippen molar-refractivity contribution < 1.29 is 45.0 Å². The van der Waals surface area contributed by atoms with Gasteiger partial charge in [0.05, 0.1) is 42.0 Å². The third kappa shape index (κ3) is 10.9. The number of likely N-dealkylation sites (N-methyl/N-ethyl adjacent to an activating group) is 1. The fourth-order valence-corrected chi connectivity index (χ4v) is 7.50. The average molecular weight is 804 g/mol. The number of para-hydroxylation sites is 1. The minimum Gasteiger partial charge on any atom is -0.490 e. The fourth-order valence-electron chi connectivity index (χ4n) is 6.83. The lowest BCUT2D eigenvalue weighted by molar-refractivity contribution is -0.142. The summed E-state index contributed by atoms with van der Waals surface area (Å²) in [5.74, 6) is -0.756. The van der Waals surface area contributed by atoms with Crippen LogP contribution >= 0.6 is 23.2 Å². The van der Waals surface area contributed by atoms with Crippen LogP contribution in [0.5, 0.6) is 5.75 Å². The number of halogens is 2. The van der Waals surface area contributed by atoms with Crippen LogP contribution in [0.3, 0.4) is 0 Å². The number of carboxylic acids is 1. The van der Waals surface area contributed by atoms with Crippen LogP contribution in [0, 0.1) is 0 Å². The summed E-state index contributed by atoms with van der Waals surface area (Å²) in [4.78, 5) is 31.5. The lowest BCUT2D eigenvalue weighted by atomic mass is 9.93. The highest BCUT2D eigenvalue weighted by Crippen LogP contribution is 2.53. The second-order valence-corrected chi connectivity index (χ2v) is 15.4. The van der Waals surface area contributed by atoms with Crippen LogP contribution < -0.4 is 10.1 Å². The van der Waals surface area contributed by atoms with Crippen LogP contribution in [0.15, 0.2) is 48.8 Å². The molecule has 1 amide bonds. The summed E-state index contributed by atoms with van der Waals surface area (Å²) >= 11 is 14.1. The third-order valence-electron chi connectivity index (χ3n) is 10.2. The van der Waals surface area contributed by atoms with Crippen molar-refractivity contribution in [1.29, 1.82) is 0 Å². The zero-order valence-electron chi connectivity index (χ0n) is 31.2. The maximum Gasteiger partial charge on any atom is 0.317 e. The van der Waals surface area contributed by atoms with Gasteiger partial charge in [0.15, 0.2) is 0 Å². The van der Waals surface area contributed by atoms with Gasteiger partial charge in [0.25, 0.3) is 0 Å². The second kappa shape index (κ2) is 19.1. The Balaban J connectivity index is 1.29. The number of carbonyl (C=O) groups is 2. The minimum absolute atomic E-state index is 0.137. The molecule has 0 radical (unpaired) electrons. The van der Waals surface area contributed by atoms with Gasteiger partial charge in [0.2, 0.25) is 5.91 Å². The smallest absolute Gasteiger partial charge is 0.317 e. The predicted molar refractivity (Wildman–Crippen MR) is 209 cm³/mol. The van der Waals surface area contributed by atoms with E-state index in [0.29, 0.717) is 35.7 Å². The lowest BCUT2D eigenvalue weighted by Crippen LogP contribution is -2.52. The van der Waals surface area contributed by atoms with E-state index in [4.69, 9.17) is 38.2 Å². The number of anilines is 1. The Labute approximate surface area is 331 Å². The van der Waals surface area contributed by atoms with Crippen molar-refractivity contribution in [2.24, 2.45) is 0 Å². The van der Waals surface area contributed by atoms with Gasteiger partial charge in [-0.3, -0.25) is 19.5 Å². The van der Waals surface area contributed by atoms with Crippen molar-refractivity contribution in [3.8, 4) is 16.9 Å². The molecule has 1 heterocycles. The average Bonchev–Trinajstić information content (AvgIpc) is 4.11. The molecule has 4 atom stereocenters. The second-order valence-electron chi connectivity index (χ2n) is 14.6. The first kappa shape index (κ1) is 42.6. The molecule has 2 aliphatic carbocycles. The van der Waals surface area contributed by atoms with Crippen LogP contribution in [-0.2, 0) is 28.0 Å². The van der Waals surface area contributed by atoms with E-state index in [1.807, 2.05) is 43.5 Å². The summed E-state index contributed by atoms with van der Waals surface area (Å²) in [6.45, 7) is 0.267. The number of aliphatic hydroxyl groups excluding tert-OH is 5. The predicted octanol–water partition coefficient (Wildman–Crippen LogP) is 3.86. The molecule has 0 unspecified atom stereocenters. The van der Waals surface area contributed by atoms with Crippen LogP contribution in [0.1, 0.15) is 62.1 Å². The number of aryl methyl sites for hydroxylation is 1. The SMILES string of the molecule is CCc1c(Cl)c(CCCCN(C[C@H](O)[C@@H](O)[C@H](O)[C@H](O)CO)C(=O)CN(C)CC(=O)O)cc(Cl)c1NC1(c2cnccc2-c2ccccc2OC2CC2)CC1. The molecule has 2 aliphatic rings. The summed E-state index contributed by atoms with van der Waals surface area (Å²) in [5, 5.41) is 64.0. The molecule has 5 rings (SSSR count). The Hall–Kier alpha value is -3.53. The van der Waals surface area contributed by atoms with Crippen molar-refractivity contribution in [2.45, 2.75) is 94.3 Å². The highest BCUT2D eigenvalue weighted by atomic mass is 35.5. The first-order valence-corrected chi connectivity index (χ1v) is 19.5. The van der Waals surface area contributed by atoms with Gasteiger partial charge in [-0.05, 0) is 93.3 Å². The molecule has 2 saturated carbocycles. The Kier molecular flexibility index (Phi) is 14.8. The van der Waals surface area contributed by atoms with Crippen LogP contribution in [-0.4, -0.2) is 128 Å². The van der Waals surface area contributed by atoms with Crippen molar-refractivity contribution >= 4 is 40.8 Å². The van der Waals surface area contributed by atoms with Crippen molar-refractivity contribution in [3.05, 3.63) is 75.5 Å². The van der Waals surface area contributed by atoms with E-state index in [1.54, 1.807) is 6.20 Å². The summed E-state index contributed by atoms with van der Waals surface area (Å²) in [7, 11) is 1.47. The lowest BCUT2D eigenvalue weighted by Gasteiger charge is -2.31. The molecule has 0 aliphatic heterocycles. The number of unbranched alkanes of at least 4 members (excludes halogenated alkanes) is 1. The number of aliphatic carboxylic acids is 1. The molecule has 2 aromatic carbocycles. The number of carboxylic acid groups (broad SMARTS) is 1. The number of nitrogens with one attached hydrogen (secondary N) is 1. The maximum absolute atomic E-state index is 13.2. The van der Waals surface area contributed by atoms with Gasteiger partial charge in [0.1, 0.15) is 30.2 Å². The molecule has 0 saturated heterocycles. The molecular formula is C40H52Cl2N4O9. The summed E-state index contributed by atoms with van der Waals surface area (Å²) in [6, 6.07) is 12.0. The van der Waals surface area contributed by atoms with E-state index in [1.165, 1.54) is 16.8 Å². The third-order valence-corrected chi connectivity index (χ3v) is 11.0. The van der Waals surface area contributed by atoms with Crippen LogP contribution in [0.2, 0.25) is 10.0 Å². The minimum atomic E-state index is -1.86. The van der Waals surface area contributed by atoms with Crippen molar-refractivity contribution in [3.63, 3.8) is 0 Å². The Bertz CT molecular complexity index is 1790. The van der Waals surface area contributed by atoms with Gasteiger partial charge in [-0.1, -0.05) is 48.3 Å². The van der Waals surface area contributed by atoms with E-state index in [9.17, 15) is 30.0 Å². The number of pyridine rings is 1. The quantitative estimate of drug-likeness (QED) is 0.0727. The van der Waals surface area contributed by atoms with E-state index >= 15 is 0 Å². The number of nitrogens with zero attached hydrogens (tertiary/aromatic N) is 3. The van der Waals surface area contributed by atoms with Gasteiger partial charge >= 0.3 is 5.97 Å². The normalized spacial score (nSPS) is 17.0. The Morgan fingerprint density at radius 3 is 2.38 bits per heavy atom. The van der Waals surface area contributed by atoms with E-state index in [2.05, 4.69) is 16.4 Å². The molecule has 2 fully saturated rings. The van der Waals surface area contributed by atoms with Gasteiger partial charge in [0, 0.05) is 41.6 Å². The van der Waals surface area contributed by atoms with Crippen LogP contribution in [0.4, 0.5) is 5.69 Å². The molecule has 1 aromatic heterocycles. The largest absolute Gasteiger partial charge is 0.490 e. The maximum atomic E-state index is 13.2. The molecule has 13 nitrogen and oxygen atoms in total. The van der Waals surface area contributed by atoms with Gasteiger partial charge in [-0.25, -0.2) is 0 Å². The molecule has 55 heavy (non-hydrogen) atoms. The number of hydrogen-bond donors (Lipinski definition) is 7. The Morgan fingerprint density at radius 2 is 1.73 bits per heavy atom. The summed E-state index contributed by atoms with van der Waals surface area (Å²) in [6.07, 6.45) is 2.94. The molecular weight excluding hydrogens is 751 g/mol. The van der Waals surface area contributed by atoms with E-state index in [-0.39, 0.29) is 25.7 Å². The molecule has 300 valence electrons. The first-order chi connectivity index (χ1) is 26.3. The zero-order chi connectivity index (χ0) is 39.9. The molecule has 0 spiro atoms. The highest BCUT2D eigenvalue weighted by Gasteiger charge is 2.47. The Morgan fingerprint density at radius 1 is 1.02 bits per heavy atom. The number of aromatic nitrogens is 1. The summed E-state index contributed by atoms with van der Waals surface area (Å²) in [5.41, 5.74) is 5.23. The number of ether oxygens (including phenoxy) is 1. The number of hydrogen-bond acceptors (Lipinski definition) is 11. The van der Waals surface area contributed by atoms with Gasteiger partial charge < -0.3 is 45.6 Å². The highest BCUT2D eigenvalue weighted by molar-refractivity contribution is 6.36. The standard InChI is InChI=1S/C40H52Cl2N4O9/c1-3-26-36(42)24(8-6-7-17-46(34(50)21-45(2)22-35(51)52)20-31(48)38(53)39(54)32(49)23-47)18-30(41)37(26)44-40(14-15-40)29-19-43-16-13-27(29)28-9-4-5-10-33(28)55-25-11-12-25/h4-5,9-10,13,16,18-19,25,31-32,38-39,44,47-49,53-54H,3,6-8,11-12,14-15,17,20-23H2,1-2H3,(H,51,52)/t31-,32+,38+,39+/m0/s1. The zero-order valence-corrected chi connectivity index (χ0v) is 32.7. The van der Waals surface area contributed by atoms with E-state index in [0.717, 1.165) is 64.9 Å². The monoisotopic (exact) mass is 802 g/mol. The molecule has 15 heteroatoms. The fraction of sp³-hybridized carbons (Fsp3) is 0.525. The number of aliphatic hydroxyl groups is 5. The first-order valence-electron chi connectivity index (χ1n) is 18.8. The molecule has 3 aromatic rings. The van der Waals surface area contributed by atoms with Crippen molar-refractivity contribution in [2.75, 3.05) is 45.2 Å². The number of benzene rings is 2. The molecule has 0 bridgehead atoms. The number of rotatable bonds is 22. The van der Waals surface area contributed by atoms with Gasteiger partial charge in [-0.2, -0.15) is 0 Å².